The van der Waals surface area contributed by atoms with Gasteiger partial charge in [0.2, 0.25) is 5.88 Å². The van der Waals surface area contributed by atoms with E-state index in [2.05, 4.69) is 4.98 Å². The molecule has 2 rings (SSSR count). The largest absolute Gasteiger partial charge is 0.477 e. The summed E-state index contributed by atoms with van der Waals surface area (Å²) >= 11 is 0. The number of carboxylic acid groups (broad SMARTS) is 1. The zero-order valence-electron chi connectivity index (χ0n) is 11.4. The molecule has 19 heavy (non-hydrogen) atoms. The number of nitrogens with zero attached hydrogens (tertiary/aromatic N) is 1. The summed E-state index contributed by atoms with van der Waals surface area (Å²) in [5.74, 6) is 0.00328. The van der Waals surface area contributed by atoms with Gasteiger partial charge < -0.3 is 9.84 Å². The molecule has 0 aromatic carbocycles. The average molecular weight is 263 g/mol. The fourth-order valence-corrected chi connectivity index (χ4v) is 2.54. The number of rotatable bonds is 4. The lowest BCUT2D eigenvalue weighted by Gasteiger charge is -2.15. The van der Waals surface area contributed by atoms with Crippen LogP contribution in [0.4, 0.5) is 0 Å². The first-order valence-corrected chi connectivity index (χ1v) is 7.00. The van der Waals surface area contributed by atoms with E-state index in [1.165, 1.54) is 38.5 Å². The topological polar surface area (TPSA) is 59.4 Å². The minimum Gasteiger partial charge on any atom is -0.477 e. The molecule has 1 saturated carbocycles. The van der Waals surface area contributed by atoms with Gasteiger partial charge in [-0.1, -0.05) is 31.7 Å². The Labute approximate surface area is 113 Å². The Morgan fingerprint density at radius 3 is 2.63 bits per heavy atom. The number of pyridine rings is 1. The summed E-state index contributed by atoms with van der Waals surface area (Å²) < 4.78 is 5.67. The third-order valence-corrected chi connectivity index (χ3v) is 3.72. The molecule has 1 fully saturated rings. The van der Waals surface area contributed by atoms with Crippen LogP contribution < -0.4 is 4.74 Å². The first-order valence-electron chi connectivity index (χ1n) is 7.00. The van der Waals surface area contributed by atoms with Gasteiger partial charge in [0.1, 0.15) is 0 Å². The van der Waals surface area contributed by atoms with Crippen molar-refractivity contribution in [3.05, 3.63) is 23.4 Å². The van der Waals surface area contributed by atoms with Crippen molar-refractivity contribution in [2.45, 2.75) is 45.4 Å². The van der Waals surface area contributed by atoms with E-state index in [9.17, 15) is 4.79 Å². The molecule has 1 aliphatic rings. The molecular weight excluding hydrogens is 242 g/mol. The monoisotopic (exact) mass is 263 g/mol. The van der Waals surface area contributed by atoms with E-state index in [4.69, 9.17) is 9.84 Å². The van der Waals surface area contributed by atoms with Crippen LogP contribution >= 0.6 is 0 Å². The Balaban J connectivity index is 1.95. The Morgan fingerprint density at radius 1 is 1.32 bits per heavy atom. The molecule has 4 heteroatoms. The highest BCUT2D eigenvalue weighted by Crippen LogP contribution is 2.23. The molecule has 1 aliphatic carbocycles. The average Bonchev–Trinajstić information content (AvgIpc) is 2.66. The molecule has 0 saturated heterocycles. The second-order valence-electron chi connectivity index (χ2n) is 5.29. The van der Waals surface area contributed by atoms with Gasteiger partial charge in [-0.2, -0.15) is 0 Å². The number of ether oxygens (including phenoxy) is 1. The minimum absolute atomic E-state index is 0.0818. The molecule has 104 valence electrons. The van der Waals surface area contributed by atoms with Crippen LogP contribution in [0.2, 0.25) is 0 Å². The molecule has 0 aliphatic heterocycles. The van der Waals surface area contributed by atoms with E-state index < -0.39 is 5.97 Å². The lowest BCUT2D eigenvalue weighted by atomic mass is 10.0. The molecule has 4 nitrogen and oxygen atoms in total. The summed E-state index contributed by atoms with van der Waals surface area (Å²) in [5, 5.41) is 9.03. The van der Waals surface area contributed by atoms with E-state index in [-0.39, 0.29) is 5.69 Å². The van der Waals surface area contributed by atoms with Crippen LogP contribution in [0.25, 0.3) is 0 Å². The number of aromatic nitrogens is 1. The molecule has 1 aromatic heterocycles. The molecule has 0 atom stereocenters. The van der Waals surface area contributed by atoms with Crippen LogP contribution in [0.1, 0.15) is 54.6 Å². The summed E-state index contributed by atoms with van der Waals surface area (Å²) in [6, 6.07) is 3.50. The highest BCUT2D eigenvalue weighted by molar-refractivity contribution is 5.87. The maximum absolute atomic E-state index is 11.0. The normalized spacial score (nSPS) is 16.9. The van der Waals surface area contributed by atoms with E-state index >= 15 is 0 Å². The Morgan fingerprint density at radius 2 is 2.00 bits per heavy atom. The van der Waals surface area contributed by atoms with E-state index in [0.717, 1.165) is 0 Å². The quantitative estimate of drug-likeness (QED) is 0.845. The number of carboxylic acids is 1. The van der Waals surface area contributed by atoms with Crippen molar-refractivity contribution >= 4 is 5.97 Å². The third kappa shape index (κ3) is 3.94. The zero-order valence-corrected chi connectivity index (χ0v) is 11.4. The Kier molecular flexibility index (Phi) is 4.77. The Hall–Kier alpha value is -1.58. The smallest absolute Gasteiger partial charge is 0.354 e. The third-order valence-electron chi connectivity index (χ3n) is 3.72. The number of hydrogen-bond donors (Lipinski definition) is 1. The lowest BCUT2D eigenvalue weighted by molar-refractivity contribution is 0.0688. The number of hydrogen-bond acceptors (Lipinski definition) is 3. The first-order chi connectivity index (χ1) is 9.16. The van der Waals surface area contributed by atoms with Gasteiger partial charge in [0.05, 0.1) is 6.61 Å². The molecule has 0 unspecified atom stereocenters. The van der Waals surface area contributed by atoms with Crippen LogP contribution in [-0.2, 0) is 0 Å². The molecular formula is C15H21NO3. The van der Waals surface area contributed by atoms with Crippen molar-refractivity contribution in [1.29, 1.82) is 0 Å². The molecule has 1 aromatic rings. The fourth-order valence-electron chi connectivity index (χ4n) is 2.54. The van der Waals surface area contributed by atoms with E-state index in [0.29, 0.717) is 24.0 Å². The van der Waals surface area contributed by atoms with Crippen LogP contribution in [0.5, 0.6) is 5.88 Å². The maximum Gasteiger partial charge on any atom is 0.354 e. The van der Waals surface area contributed by atoms with Crippen molar-refractivity contribution in [3.63, 3.8) is 0 Å². The van der Waals surface area contributed by atoms with Gasteiger partial charge in [0.25, 0.3) is 0 Å². The second-order valence-corrected chi connectivity index (χ2v) is 5.29. The van der Waals surface area contributed by atoms with Crippen molar-refractivity contribution in [2.24, 2.45) is 5.92 Å². The van der Waals surface area contributed by atoms with Crippen molar-refractivity contribution < 1.29 is 14.6 Å². The van der Waals surface area contributed by atoms with Gasteiger partial charge in [0, 0.05) is 6.07 Å². The highest BCUT2D eigenvalue weighted by atomic mass is 16.5. The summed E-state index contributed by atoms with van der Waals surface area (Å²) in [6.07, 6.45) is 7.60. The van der Waals surface area contributed by atoms with Gasteiger partial charge >= 0.3 is 5.97 Å². The van der Waals surface area contributed by atoms with Crippen molar-refractivity contribution in [1.82, 2.24) is 4.98 Å². The van der Waals surface area contributed by atoms with Crippen LogP contribution in [0.15, 0.2) is 12.1 Å². The van der Waals surface area contributed by atoms with Crippen molar-refractivity contribution in [2.75, 3.05) is 6.61 Å². The standard InChI is InChI=1S/C15H21NO3/c1-11-8-9-13(16-14(11)15(17)18)19-10-12-6-4-2-3-5-7-12/h8-9,12H,2-7,10H2,1H3,(H,17,18). The van der Waals surface area contributed by atoms with Crippen LogP contribution in [0, 0.1) is 12.8 Å². The predicted octanol–water partition coefficient (Wildman–Crippen LogP) is 3.44. The van der Waals surface area contributed by atoms with E-state index in [1.807, 2.05) is 0 Å². The molecule has 0 spiro atoms. The van der Waals surface area contributed by atoms with Gasteiger partial charge in [-0.3, -0.25) is 0 Å². The number of aromatic carboxylic acids is 1. The molecule has 1 heterocycles. The summed E-state index contributed by atoms with van der Waals surface area (Å²) in [4.78, 5) is 15.1. The molecule has 1 N–H and O–H groups in total. The highest BCUT2D eigenvalue weighted by Gasteiger charge is 2.14. The summed E-state index contributed by atoms with van der Waals surface area (Å²) in [5.41, 5.74) is 0.743. The maximum atomic E-state index is 11.0. The van der Waals surface area contributed by atoms with Crippen molar-refractivity contribution in [3.8, 4) is 5.88 Å². The summed E-state index contributed by atoms with van der Waals surface area (Å²) in [7, 11) is 0. The van der Waals surface area contributed by atoms with Crippen LogP contribution in [-0.4, -0.2) is 22.7 Å². The van der Waals surface area contributed by atoms with Gasteiger partial charge in [-0.25, -0.2) is 9.78 Å². The van der Waals surface area contributed by atoms with Gasteiger partial charge in [-0.05, 0) is 31.2 Å². The minimum atomic E-state index is -1.00. The molecule has 0 amide bonds. The SMILES string of the molecule is Cc1ccc(OCC2CCCCCC2)nc1C(=O)O. The Bertz CT molecular complexity index is 437. The fraction of sp³-hybridized carbons (Fsp3) is 0.600. The van der Waals surface area contributed by atoms with E-state index in [1.54, 1.807) is 19.1 Å². The first kappa shape index (κ1) is 13.8. The zero-order chi connectivity index (χ0) is 13.7. The second kappa shape index (κ2) is 6.55. The van der Waals surface area contributed by atoms with Crippen LogP contribution in [0.3, 0.4) is 0 Å². The predicted molar refractivity (Wildman–Crippen MR) is 72.6 cm³/mol. The molecule has 0 bridgehead atoms. The molecule has 0 radical (unpaired) electrons. The lowest BCUT2D eigenvalue weighted by Crippen LogP contribution is -2.13. The van der Waals surface area contributed by atoms with Gasteiger partial charge in [0.15, 0.2) is 5.69 Å². The number of aryl methyl sites for hydroxylation is 1. The number of carbonyl (C=O) groups is 1. The summed E-state index contributed by atoms with van der Waals surface area (Å²) in [6.45, 7) is 2.39. The van der Waals surface area contributed by atoms with Gasteiger partial charge in [-0.15, -0.1) is 0 Å².